The average molecular weight is 448 g/mol. The lowest BCUT2D eigenvalue weighted by molar-refractivity contribution is -0.175. The summed E-state index contributed by atoms with van der Waals surface area (Å²) in [5, 5.41) is 19.7. The van der Waals surface area contributed by atoms with Gasteiger partial charge in [-0.15, -0.1) is 0 Å². The van der Waals surface area contributed by atoms with Crippen LogP contribution in [0.15, 0.2) is 36.4 Å². The Hall–Kier alpha value is -2.33. The molecule has 3 rings (SSSR count). The molecule has 0 spiro atoms. The Bertz CT molecular complexity index is 1030. The molecule has 0 saturated carbocycles. The summed E-state index contributed by atoms with van der Waals surface area (Å²) < 4.78 is 30.8. The fourth-order valence-corrected chi connectivity index (χ4v) is 3.80. The van der Waals surface area contributed by atoms with Gasteiger partial charge in [-0.3, -0.25) is 0 Å². The second kappa shape index (κ2) is 9.44. The first kappa shape index (κ1) is 23.3. The predicted octanol–water partition coefficient (Wildman–Crippen LogP) is 2.53. The van der Waals surface area contributed by atoms with Gasteiger partial charge in [-0.05, 0) is 5.92 Å². The number of sulfonamides is 1. The van der Waals surface area contributed by atoms with E-state index in [-0.39, 0.29) is 18.3 Å². The first-order valence-corrected chi connectivity index (χ1v) is 12.0. The second-order valence-corrected chi connectivity index (χ2v) is 10.0. The van der Waals surface area contributed by atoms with Crippen molar-refractivity contribution in [3.8, 4) is 11.3 Å². The number of nitrogens with zero attached hydrogens (tertiary/aromatic N) is 3. The van der Waals surface area contributed by atoms with Gasteiger partial charge in [0.05, 0.1) is 29.9 Å². The van der Waals surface area contributed by atoms with Crippen molar-refractivity contribution in [3.63, 3.8) is 0 Å². The zero-order valence-corrected chi connectivity index (χ0v) is 19.0. The van der Waals surface area contributed by atoms with Gasteiger partial charge >= 0.3 is 0 Å². The molecule has 2 aromatic rings. The minimum atomic E-state index is -3.54. The number of aromatic nitrogens is 2. The van der Waals surface area contributed by atoms with Gasteiger partial charge in [-0.2, -0.15) is 0 Å². The van der Waals surface area contributed by atoms with Crippen molar-refractivity contribution in [1.82, 2.24) is 9.97 Å². The zero-order valence-electron chi connectivity index (χ0n) is 18.1. The normalized spacial score (nSPS) is 22.2. The maximum atomic E-state index is 12.1. The highest BCUT2D eigenvalue weighted by atomic mass is 32.2. The van der Waals surface area contributed by atoms with Crippen molar-refractivity contribution in [2.45, 2.75) is 51.1 Å². The molecule has 0 amide bonds. The Kier molecular flexibility index (Phi) is 7.10. The molecule has 1 aromatic heterocycles. The van der Waals surface area contributed by atoms with E-state index < -0.39 is 28.5 Å². The van der Waals surface area contributed by atoms with E-state index in [0.717, 1.165) is 21.7 Å². The van der Waals surface area contributed by atoms with Crippen LogP contribution in [0.3, 0.4) is 0 Å². The number of hydrogen-bond donors (Lipinski definition) is 2. The standard InChI is InChI=1S/C22H29N3O5S/c1-14(2)20-18(11-10-17-12-16(26)13-19(27)30-17)21(15-8-6-5-7-9-15)24-22(23-20)25(3)31(4,28)29/h5-11,14,16-17,19,26-27H,12-13H2,1-4H3/b11-10+/t16-,17-,19?/m1/s1. The predicted molar refractivity (Wildman–Crippen MR) is 120 cm³/mol. The summed E-state index contributed by atoms with van der Waals surface area (Å²) in [4.78, 5) is 9.15. The quantitative estimate of drug-likeness (QED) is 0.700. The van der Waals surface area contributed by atoms with Gasteiger partial charge < -0.3 is 14.9 Å². The van der Waals surface area contributed by atoms with Crippen molar-refractivity contribution in [2.24, 2.45) is 0 Å². The smallest absolute Gasteiger partial charge is 0.239 e. The van der Waals surface area contributed by atoms with Gasteiger partial charge in [0.2, 0.25) is 16.0 Å². The monoisotopic (exact) mass is 447 g/mol. The second-order valence-electron chi connectivity index (χ2n) is 8.04. The summed E-state index contributed by atoms with van der Waals surface area (Å²) in [6, 6.07) is 9.47. The Morgan fingerprint density at radius 3 is 2.42 bits per heavy atom. The van der Waals surface area contributed by atoms with Gasteiger partial charge in [-0.25, -0.2) is 22.7 Å². The lowest BCUT2D eigenvalue weighted by Gasteiger charge is -2.28. The van der Waals surface area contributed by atoms with Crippen LogP contribution in [0.2, 0.25) is 0 Å². The van der Waals surface area contributed by atoms with E-state index in [0.29, 0.717) is 17.8 Å². The van der Waals surface area contributed by atoms with Crippen molar-refractivity contribution in [2.75, 3.05) is 17.6 Å². The molecule has 0 aliphatic carbocycles. The molecule has 3 atom stereocenters. The highest BCUT2D eigenvalue weighted by Crippen LogP contribution is 2.32. The number of benzene rings is 1. The molecule has 2 N–H and O–H groups in total. The van der Waals surface area contributed by atoms with E-state index in [4.69, 9.17) is 4.74 Å². The van der Waals surface area contributed by atoms with E-state index in [1.807, 2.05) is 50.3 Å². The SMILES string of the molecule is CC(C)c1nc(N(C)S(C)(=O)=O)nc(-c2ccccc2)c1/C=C/[C@@H]1C[C@@H](O)CC(O)O1. The van der Waals surface area contributed by atoms with Crippen molar-refractivity contribution < 1.29 is 23.4 Å². The third-order valence-corrected chi connectivity index (χ3v) is 6.28. The minimum Gasteiger partial charge on any atom is -0.393 e. The molecule has 8 nitrogen and oxygen atoms in total. The average Bonchev–Trinajstić information content (AvgIpc) is 2.70. The molecule has 0 bridgehead atoms. The molecule has 1 fully saturated rings. The van der Waals surface area contributed by atoms with E-state index >= 15 is 0 Å². The van der Waals surface area contributed by atoms with Crippen LogP contribution in [0.4, 0.5) is 5.95 Å². The topological polar surface area (TPSA) is 113 Å². The molecule has 9 heteroatoms. The molecule has 0 radical (unpaired) electrons. The van der Waals surface area contributed by atoms with Crippen molar-refractivity contribution >= 4 is 22.0 Å². The van der Waals surface area contributed by atoms with E-state index in [1.165, 1.54) is 7.05 Å². The lowest BCUT2D eigenvalue weighted by Crippen LogP contribution is -2.34. The maximum absolute atomic E-state index is 12.1. The summed E-state index contributed by atoms with van der Waals surface area (Å²) >= 11 is 0. The number of aliphatic hydroxyl groups is 2. The number of anilines is 1. The molecule has 1 unspecified atom stereocenters. The Morgan fingerprint density at radius 2 is 1.84 bits per heavy atom. The summed E-state index contributed by atoms with van der Waals surface area (Å²) in [6.45, 7) is 3.95. The Morgan fingerprint density at radius 1 is 1.16 bits per heavy atom. The molecule has 1 aliphatic heterocycles. The zero-order chi connectivity index (χ0) is 22.8. The molecule has 1 aromatic carbocycles. The number of hydrogen-bond acceptors (Lipinski definition) is 7. The number of ether oxygens (including phenoxy) is 1. The van der Waals surface area contributed by atoms with Crippen LogP contribution < -0.4 is 4.31 Å². The van der Waals surface area contributed by atoms with Crippen LogP contribution in [0.1, 0.15) is 43.9 Å². The van der Waals surface area contributed by atoms with Gasteiger partial charge in [-0.1, -0.05) is 56.3 Å². The highest BCUT2D eigenvalue weighted by molar-refractivity contribution is 7.92. The van der Waals surface area contributed by atoms with Gasteiger partial charge in [0, 0.05) is 31.0 Å². The van der Waals surface area contributed by atoms with Crippen molar-refractivity contribution in [1.29, 1.82) is 0 Å². The maximum Gasteiger partial charge on any atom is 0.239 e. The molecule has 2 heterocycles. The fourth-order valence-electron chi connectivity index (χ4n) is 3.42. The van der Waals surface area contributed by atoms with Crippen LogP contribution in [-0.4, -0.2) is 60.4 Å². The minimum absolute atomic E-state index is 0.0136. The molecule has 1 aliphatic rings. The molecule has 1 saturated heterocycles. The number of aliphatic hydroxyl groups excluding tert-OH is 2. The first-order chi connectivity index (χ1) is 14.6. The molecular weight excluding hydrogens is 418 g/mol. The van der Waals surface area contributed by atoms with E-state index in [2.05, 4.69) is 9.97 Å². The van der Waals surface area contributed by atoms with Crippen LogP contribution >= 0.6 is 0 Å². The fraction of sp³-hybridized carbons (Fsp3) is 0.455. The highest BCUT2D eigenvalue weighted by Gasteiger charge is 2.26. The van der Waals surface area contributed by atoms with Gasteiger partial charge in [0.25, 0.3) is 0 Å². The third-order valence-electron chi connectivity index (χ3n) is 5.12. The van der Waals surface area contributed by atoms with Crippen LogP contribution in [0, 0.1) is 0 Å². The van der Waals surface area contributed by atoms with E-state index in [9.17, 15) is 18.6 Å². The van der Waals surface area contributed by atoms with E-state index in [1.54, 1.807) is 6.08 Å². The molecule has 168 valence electrons. The lowest BCUT2D eigenvalue weighted by atomic mass is 9.97. The summed E-state index contributed by atoms with van der Waals surface area (Å²) in [5.74, 6) is 0.0854. The summed E-state index contributed by atoms with van der Waals surface area (Å²) in [5.41, 5.74) is 2.84. The Labute approximate surface area is 183 Å². The first-order valence-electron chi connectivity index (χ1n) is 10.2. The molecule has 31 heavy (non-hydrogen) atoms. The third kappa shape index (κ3) is 5.68. The summed E-state index contributed by atoms with van der Waals surface area (Å²) in [6.07, 6.45) is 3.17. The van der Waals surface area contributed by atoms with Crippen LogP contribution in [0.25, 0.3) is 17.3 Å². The summed E-state index contributed by atoms with van der Waals surface area (Å²) in [7, 11) is -2.11. The van der Waals surface area contributed by atoms with Crippen LogP contribution in [0.5, 0.6) is 0 Å². The Balaban J connectivity index is 2.15. The molecular formula is C22H29N3O5S. The number of rotatable bonds is 6. The van der Waals surface area contributed by atoms with Crippen LogP contribution in [-0.2, 0) is 14.8 Å². The van der Waals surface area contributed by atoms with Gasteiger partial charge in [0.1, 0.15) is 0 Å². The van der Waals surface area contributed by atoms with Crippen molar-refractivity contribution in [3.05, 3.63) is 47.7 Å². The van der Waals surface area contributed by atoms with Gasteiger partial charge in [0.15, 0.2) is 6.29 Å². The largest absolute Gasteiger partial charge is 0.393 e.